The number of rotatable bonds is 7. The van der Waals surface area contributed by atoms with Gasteiger partial charge >= 0.3 is 0 Å². The summed E-state index contributed by atoms with van der Waals surface area (Å²) in [4.78, 5) is 17.7. The number of methoxy groups -OCH3 is 3. The lowest BCUT2D eigenvalue weighted by Crippen LogP contribution is -2.25. The SMILES string of the molecule is COc1cc(/C=N/N(C(=O)c2ccc(F)cc2)c2nc3ccc(F)cc3s2)cc(OC)c1OC. The molecule has 0 radical (unpaired) electrons. The molecule has 0 aliphatic heterocycles. The van der Waals surface area contributed by atoms with Crippen molar-refractivity contribution in [1.82, 2.24) is 4.98 Å². The first-order valence-electron chi connectivity index (χ1n) is 9.93. The summed E-state index contributed by atoms with van der Waals surface area (Å²) in [6, 6.07) is 12.5. The van der Waals surface area contributed by atoms with Gasteiger partial charge in [-0.2, -0.15) is 10.1 Å². The van der Waals surface area contributed by atoms with E-state index < -0.39 is 17.5 Å². The fraction of sp³-hybridized carbons (Fsp3) is 0.125. The van der Waals surface area contributed by atoms with Gasteiger partial charge in [0.05, 0.1) is 37.8 Å². The van der Waals surface area contributed by atoms with Crippen LogP contribution in [0.4, 0.5) is 13.9 Å². The van der Waals surface area contributed by atoms with E-state index in [1.165, 1.54) is 70.0 Å². The van der Waals surface area contributed by atoms with Crippen LogP contribution in [-0.2, 0) is 0 Å². The highest BCUT2D eigenvalue weighted by Gasteiger charge is 2.22. The number of hydrazone groups is 1. The number of halogens is 2. The van der Waals surface area contributed by atoms with Gasteiger partial charge in [0.2, 0.25) is 10.9 Å². The number of ether oxygens (including phenoxy) is 3. The summed E-state index contributed by atoms with van der Waals surface area (Å²) in [6.07, 6.45) is 1.43. The van der Waals surface area contributed by atoms with Crippen molar-refractivity contribution >= 4 is 38.8 Å². The van der Waals surface area contributed by atoms with E-state index in [2.05, 4.69) is 10.1 Å². The van der Waals surface area contributed by atoms with E-state index in [1.54, 1.807) is 12.1 Å². The predicted octanol–water partition coefficient (Wildman–Crippen LogP) is 5.28. The van der Waals surface area contributed by atoms with Crippen molar-refractivity contribution in [3.63, 3.8) is 0 Å². The summed E-state index contributed by atoms with van der Waals surface area (Å²) in [7, 11) is 4.47. The topological polar surface area (TPSA) is 73.2 Å². The maximum Gasteiger partial charge on any atom is 0.280 e. The minimum atomic E-state index is -0.539. The molecule has 1 aromatic heterocycles. The molecule has 0 unspecified atom stereocenters. The van der Waals surface area contributed by atoms with Gasteiger partial charge in [0.25, 0.3) is 5.91 Å². The van der Waals surface area contributed by atoms with E-state index >= 15 is 0 Å². The Labute approximate surface area is 197 Å². The Bertz CT molecular complexity index is 1350. The zero-order chi connectivity index (χ0) is 24.2. The minimum Gasteiger partial charge on any atom is -0.493 e. The Kier molecular flexibility index (Phi) is 6.69. The number of aromatic nitrogens is 1. The molecule has 3 aromatic carbocycles. The number of fused-ring (bicyclic) bond motifs is 1. The van der Waals surface area contributed by atoms with Crippen LogP contribution in [0.15, 0.2) is 59.7 Å². The lowest BCUT2D eigenvalue weighted by molar-refractivity contribution is 0.0988. The van der Waals surface area contributed by atoms with Crippen molar-refractivity contribution in [2.24, 2.45) is 5.10 Å². The number of carbonyl (C=O) groups is 1. The van der Waals surface area contributed by atoms with Crippen LogP contribution in [-0.4, -0.2) is 38.4 Å². The van der Waals surface area contributed by atoms with Crippen LogP contribution in [0.3, 0.4) is 0 Å². The predicted molar refractivity (Wildman–Crippen MR) is 126 cm³/mol. The van der Waals surface area contributed by atoms with Crippen molar-refractivity contribution in [2.45, 2.75) is 0 Å². The van der Waals surface area contributed by atoms with Gasteiger partial charge in [-0.05, 0) is 54.6 Å². The highest BCUT2D eigenvalue weighted by molar-refractivity contribution is 7.22. The Morgan fingerprint density at radius 1 is 0.941 bits per heavy atom. The molecule has 0 bridgehead atoms. The molecule has 0 saturated carbocycles. The van der Waals surface area contributed by atoms with E-state index in [0.29, 0.717) is 33.0 Å². The van der Waals surface area contributed by atoms with Gasteiger partial charge in [0.15, 0.2) is 11.5 Å². The molecular weight excluding hydrogens is 464 g/mol. The van der Waals surface area contributed by atoms with Gasteiger partial charge in [-0.3, -0.25) is 4.79 Å². The molecule has 1 amide bonds. The first kappa shape index (κ1) is 23.1. The Hall–Kier alpha value is -4.05. The molecule has 0 saturated heterocycles. The normalized spacial score (nSPS) is 11.1. The minimum absolute atomic E-state index is 0.203. The monoisotopic (exact) mass is 483 g/mol. The second-order valence-electron chi connectivity index (χ2n) is 6.94. The standard InChI is InChI=1S/C24H19F2N3O4S/c1-31-19-10-14(11-20(32-2)22(19)33-3)13-27-29(23(30)15-4-6-16(25)7-5-15)24-28-18-9-8-17(26)12-21(18)34-24/h4-13H,1-3H3/b27-13+. The maximum atomic E-state index is 13.7. The number of amides is 1. The summed E-state index contributed by atoms with van der Waals surface area (Å²) in [5.74, 6) is -0.192. The highest BCUT2D eigenvalue weighted by atomic mass is 32.1. The fourth-order valence-electron chi connectivity index (χ4n) is 3.18. The van der Waals surface area contributed by atoms with Crippen LogP contribution in [0.2, 0.25) is 0 Å². The summed E-state index contributed by atoms with van der Waals surface area (Å²) < 4.78 is 43.7. The number of nitrogens with zero attached hydrogens (tertiary/aromatic N) is 3. The average molecular weight is 483 g/mol. The summed E-state index contributed by atoms with van der Waals surface area (Å²) in [5, 5.41) is 5.66. The molecule has 4 rings (SSSR count). The lowest BCUT2D eigenvalue weighted by Gasteiger charge is -2.15. The van der Waals surface area contributed by atoms with Gasteiger partial charge in [-0.15, -0.1) is 0 Å². The first-order chi connectivity index (χ1) is 16.4. The largest absolute Gasteiger partial charge is 0.493 e. The molecule has 0 aliphatic rings. The summed E-state index contributed by atoms with van der Waals surface area (Å²) in [6.45, 7) is 0. The van der Waals surface area contributed by atoms with Crippen molar-refractivity contribution in [3.05, 3.63) is 77.4 Å². The van der Waals surface area contributed by atoms with Crippen molar-refractivity contribution < 1.29 is 27.8 Å². The molecule has 0 spiro atoms. The van der Waals surface area contributed by atoms with E-state index in [9.17, 15) is 13.6 Å². The smallest absolute Gasteiger partial charge is 0.280 e. The van der Waals surface area contributed by atoms with E-state index in [-0.39, 0.29) is 10.7 Å². The average Bonchev–Trinajstić information content (AvgIpc) is 3.26. The molecule has 174 valence electrons. The molecule has 7 nitrogen and oxygen atoms in total. The molecule has 34 heavy (non-hydrogen) atoms. The number of hydrogen-bond donors (Lipinski definition) is 0. The van der Waals surface area contributed by atoms with Gasteiger partial charge in [-0.25, -0.2) is 13.8 Å². The Morgan fingerprint density at radius 3 is 2.21 bits per heavy atom. The van der Waals surface area contributed by atoms with Crippen molar-refractivity contribution in [3.8, 4) is 17.2 Å². The molecule has 0 aliphatic carbocycles. The highest BCUT2D eigenvalue weighted by Crippen LogP contribution is 2.38. The Balaban J connectivity index is 1.78. The zero-order valence-electron chi connectivity index (χ0n) is 18.4. The summed E-state index contributed by atoms with van der Waals surface area (Å²) >= 11 is 1.10. The molecule has 1 heterocycles. The molecular formula is C24H19F2N3O4S. The lowest BCUT2D eigenvalue weighted by atomic mass is 10.2. The molecule has 10 heteroatoms. The van der Waals surface area contributed by atoms with Gasteiger partial charge in [0.1, 0.15) is 11.6 Å². The molecule has 4 aromatic rings. The van der Waals surface area contributed by atoms with E-state index in [1.807, 2.05) is 0 Å². The van der Waals surface area contributed by atoms with Gasteiger partial charge < -0.3 is 14.2 Å². The van der Waals surface area contributed by atoms with Crippen LogP contribution < -0.4 is 19.2 Å². The molecule has 0 N–H and O–H groups in total. The van der Waals surface area contributed by atoms with Crippen LogP contribution in [0.25, 0.3) is 10.2 Å². The number of carbonyl (C=O) groups excluding carboxylic acids is 1. The second kappa shape index (κ2) is 9.84. The van der Waals surface area contributed by atoms with Crippen LogP contribution in [0.1, 0.15) is 15.9 Å². The number of anilines is 1. The van der Waals surface area contributed by atoms with Gasteiger partial charge in [0, 0.05) is 11.1 Å². The van der Waals surface area contributed by atoms with E-state index in [4.69, 9.17) is 14.2 Å². The number of benzene rings is 3. The van der Waals surface area contributed by atoms with E-state index in [0.717, 1.165) is 16.3 Å². The maximum absolute atomic E-state index is 13.7. The number of thiazole rings is 1. The fourth-order valence-corrected chi connectivity index (χ4v) is 4.13. The van der Waals surface area contributed by atoms with Crippen molar-refractivity contribution in [2.75, 3.05) is 26.3 Å². The van der Waals surface area contributed by atoms with Gasteiger partial charge in [-0.1, -0.05) is 11.3 Å². The van der Waals surface area contributed by atoms with Crippen LogP contribution >= 0.6 is 11.3 Å². The van der Waals surface area contributed by atoms with Crippen molar-refractivity contribution in [1.29, 1.82) is 0 Å². The third-order valence-electron chi connectivity index (χ3n) is 4.81. The third kappa shape index (κ3) is 4.67. The first-order valence-corrected chi connectivity index (χ1v) is 10.7. The quantitative estimate of drug-likeness (QED) is 0.264. The Morgan fingerprint density at radius 2 is 1.59 bits per heavy atom. The van der Waals surface area contributed by atoms with Crippen LogP contribution in [0, 0.1) is 11.6 Å². The van der Waals surface area contributed by atoms with Crippen LogP contribution in [0.5, 0.6) is 17.2 Å². The molecule has 0 fully saturated rings. The molecule has 0 atom stereocenters. The number of hydrogen-bond acceptors (Lipinski definition) is 7. The summed E-state index contributed by atoms with van der Waals surface area (Å²) in [5.41, 5.74) is 1.27. The zero-order valence-corrected chi connectivity index (χ0v) is 19.2. The third-order valence-corrected chi connectivity index (χ3v) is 5.81. The second-order valence-corrected chi connectivity index (χ2v) is 7.94.